The van der Waals surface area contributed by atoms with Gasteiger partial charge < -0.3 is 5.11 Å². The van der Waals surface area contributed by atoms with Crippen LogP contribution in [0.5, 0.6) is 0 Å². The summed E-state index contributed by atoms with van der Waals surface area (Å²) in [6, 6.07) is 14.5. The van der Waals surface area contributed by atoms with Gasteiger partial charge in [-0.2, -0.15) is 0 Å². The highest BCUT2D eigenvalue weighted by Gasteiger charge is 2.35. The van der Waals surface area contributed by atoms with Crippen LogP contribution < -0.4 is 4.72 Å². The maximum Gasteiger partial charge on any atom is 0.240 e. The van der Waals surface area contributed by atoms with Crippen molar-refractivity contribution in [2.24, 2.45) is 5.41 Å². The Balaban J connectivity index is 1.73. The molecule has 0 aromatic heterocycles. The van der Waals surface area contributed by atoms with Crippen LogP contribution in [0.25, 0.3) is 0 Å². The number of aliphatic hydroxyl groups excluding tert-OH is 1. The minimum atomic E-state index is -3.55. The molecule has 1 fully saturated rings. The van der Waals surface area contributed by atoms with Crippen LogP contribution in [0.1, 0.15) is 36.8 Å². The predicted molar refractivity (Wildman–Crippen MR) is 108 cm³/mol. The van der Waals surface area contributed by atoms with E-state index in [0.717, 1.165) is 37.7 Å². The zero-order valence-corrected chi connectivity index (χ0v) is 16.9. The van der Waals surface area contributed by atoms with Crippen molar-refractivity contribution in [2.75, 3.05) is 13.2 Å². The van der Waals surface area contributed by atoms with Crippen molar-refractivity contribution in [2.45, 2.75) is 43.4 Å². The highest BCUT2D eigenvalue weighted by Crippen LogP contribution is 2.41. The number of aliphatic hydroxyl groups is 1. The minimum absolute atomic E-state index is 0.0582. The van der Waals surface area contributed by atoms with Crippen LogP contribution in [0.2, 0.25) is 5.02 Å². The molecule has 4 nitrogen and oxygen atoms in total. The smallest absolute Gasteiger partial charge is 0.240 e. The van der Waals surface area contributed by atoms with Crippen molar-refractivity contribution < 1.29 is 13.5 Å². The Bertz CT molecular complexity index is 859. The van der Waals surface area contributed by atoms with Gasteiger partial charge in [0.1, 0.15) is 0 Å². The summed E-state index contributed by atoms with van der Waals surface area (Å²) in [5.41, 5.74) is 2.26. The number of hydrogen-bond acceptors (Lipinski definition) is 3. The lowest BCUT2D eigenvalue weighted by Gasteiger charge is -2.29. The first kappa shape index (κ1) is 20.3. The summed E-state index contributed by atoms with van der Waals surface area (Å²) in [4.78, 5) is 0.241. The Morgan fingerprint density at radius 3 is 2.37 bits per heavy atom. The number of sulfonamides is 1. The molecule has 146 valence electrons. The van der Waals surface area contributed by atoms with Crippen LogP contribution in [0, 0.1) is 5.41 Å². The Labute approximate surface area is 166 Å². The third-order valence-electron chi connectivity index (χ3n) is 5.40. The Hall–Kier alpha value is -1.40. The molecule has 0 radical (unpaired) electrons. The Morgan fingerprint density at radius 1 is 1.04 bits per heavy atom. The van der Waals surface area contributed by atoms with Gasteiger partial charge in [-0.15, -0.1) is 0 Å². The number of halogens is 1. The van der Waals surface area contributed by atoms with Gasteiger partial charge in [0, 0.05) is 18.2 Å². The average molecular weight is 408 g/mol. The highest BCUT2D eigenvalue weighted by molar-refractivity contribution is 7.89. The lowest BCUT2D eigenvalue weighted by molar-refractivity contribution is 0.294. The van der Waals surface area contributed by atoms with Gasteiger partial charge in [-0.25, -0.2) is 13.1 Å². The van der Waals surface area contributed by atoms with E-state index >= 15 is 0 Å². The zero-order chi connectivity index (χ0) is 19.3. The molecule has 1 saturated carbocycles. The summed E-state index contributed by atoms with van der Waals surface area (Å²) in [5, 5.41) is 9.68. The second kappa shape index (κ2) is 8.74. The Kier molecular flexibility index (Phi) is 6.58. The van der Waals surface area contributed by atoms with E-state index in [-0.39, 0.29) is 16.9 Å². The molecule has 0 bridgehead atoms. The van der Waals surface area contributed by atoms with Gasteiger partial charge in [0.15, 0.2) is 0 Å². The summed E-state index contributed by atoms with van der Waals surface area (Å²) in [7, 11) is -3.55. The summed E-state index contributed by atoms with van der Waals surface area (Å²) < 4.78 is 28.1. The van der Waals surface area contributed by atoms with Crippen LogP contribution in [-0.2, 0) is 22.9 Å². The van der Waals surface area contributed by atoms with Crippen LogP contribution in [0.4, 0.5) is 0 Å². The highest BCUT2D eigenvalue weighted by atomic mass is 35.5. The number of benzene rings is 2. The first-order chi connectivity index (χ1) is 12.9. The molecule has 0 spiro atoms. The Morgan fingerprint density at radius 2 is 1.70 bits per heavy atom. The van der Waals surface area contributed by atoms with E-state index < -0.39 is 10.0 Å². The summed E-state index contributed by atoms with van der Waals surface area (Å²) in [5.74, 6) is 0. The second-order valence-electron chi connectivity index (χ2n) is 7.46. The first-order valence-electron chi connectivity index (χ1n) is 9.36. The third-order valence-corrected chi connectivity index (χ3v) is 7.07. The summed E-state index contributed by atoms with van der Waals surface area (Å²) in [6.45, 7) is 0.567. The number of hydrogen-bond donors (Lipinski definition) is 2. The molecule has 2 N–H and O–H groups in total. The van der Waals surface area contributed by atoms with Crippen molar-refractivity contribution in [1.82, 2.24) is 4.72 Å². The largest absolute Gasteiger partial charge is 0.396 e. The van der Waals surface area contributed by atoms with Gasteiger partial charge in [0.25, 0.3) is 0 Å². The molecule has 1 aliphatic carbocycles. The molecule has 0 atom stereocenters. The van der Waals surface area contributed by atoms with Crippen LogP contribution in [0.3, 0.4) is 0 Å². The zero-order valence-electron chi connectivity index (χ0n) is 15.3. The van der Waals surface area contributed by atoms with Crippen molar-refractivity contribution in [3.63, 3.8) is 0 Å². The SMILES string of the molecule is O=S(=O)(NCC1(Cc2cccc(CCO)c2)CCCC1)c1ccc(Cl)cc1. The normalized spacial score (nSPS) is 16.5. The fourth-order valence-electron chi connectivity index (χ4n) is 3.94. The van der Waals surface area contributed by atoms with Crippen LogP contribution in [-0.4, -0.2) is 26.7 Å². The monoisotopic (exact) mass is 407 g/mol. The fourth-order valence-corrected chi connectivity index (χ4v) is 5.23. The minimum Gasteiger partial charge on any atom is -0.396 e. The van der Waals surface area contributed by atoms with E-state index in [9.17, 15) is 8.42 Å². The van der Waals surface area contributed by atoms with Gasteiger partial charge in [-0.1, -0.05) is 48.7 Å². The van der Waals surface area contributed by atoms with Crippen molar-refractivity contribution in [1.29, 1.82) is 0 Å². The molecule has 0 heterocycles. The van der Waals surface area contributed by atoms with Gasteiger partial charge in [0.2, 0.25) is 10.0 Å². The van der Waals surface area contributed by atoms with Crippen molar-refractivity contribution >= 4 is 21.6 Å². The maximum atomic E-state index is 12.7. The molecular weight excluding hydrogens is 382 g/mol. The fraction of sp³-hybridized carbons (Fsp3) is 0.429. The molecule has 0 saturated heterocycles. The third kappa shape index (κ3) is 5.32. The molecule has 0 unspecified atom stereocenters. The quantitative estimate of drug-likeness (QED) is 0.696. The molecule has 0 aliphatic heterocycles. The number of rotatable bonds is 8. The molecule has 6 heteroatoms. The van der Waals surface area contributed by atoms with Crippen molar-refractivity contribution in [3.05, 3.63) is 64.7 Å². The first-order valence-corrected chi connectivity index (χ1v) is 11.2. The molecule has 3 rings (SSSR count). The maximum absolute atomic E-state index is 12.7. The van der Waals surface area contributed by atoms with Gasteiger partial charge in [-0.3, -0.25) is 0 Å². The second-order valence-corrected chi connectivity index (χ2v) is 9.66. The van der Waals surface area contributed by atoms with Gasteiger partial charge in [-0.05, 0) is 66.5 Å². The topological polar surface area (TPSA) is 66.4 Å². The molecule has 0 amide bonds. The van der Waals surface area contributed by atoms with Crippen molar-refractivity contribution in [3.8, 4) is 0 Å². The van der Waals surface area contributed by atoms with E-state index in [4.69, 9.17) is 16.7 Å². The van der Waals surface area contributed by atoms with E-state index in [0.29, 0.717) is 18.0 Å². The molecule has 2 aromatic rings. The lowest BCUT2D eigenvalue weighted by Crippen LogP contribution is -2.37. The van der Waals surface area contributed by atoms with Crippen LogP contribution >= 0.6 is 11.6 Å². The molecule has 2 aromatic carbocycles. The lowest BCUT2D eigenvalue weighted by atomic mass is 9.80. The average Bonchev–Trinajstić information content (AvgIpc) is 3.10. The molecular formula is C21H26ClNO3S. The predicted octanol–water partition coefficient (Wildman–Crippen LogP) is 3.96. The van der Waals surface area contributed by atoms with E-state index in [2.05, 4.69) is 16.9 Å². The van der Waals surface area contributed by atoms with Gasteiger partial charge in [0.05, 0.1) is 4.90 Å². The van der Waals surface area contributed by atoms with Crippen LogP contribution in [0.15, 0.2) is 53.4 Å². The molecule has 27 heavy (non-hydrogen) atoms. The van der Waals surface area contributed by atoms with E-state index in [1.807, 2.05) is 12.1 Å². The standard InChI is InChI=1S/C21H26ClNO3S/c22-19-6-8-20(9-7-19)27(25,26)23-16-21(11-1-2-12-21)15-18-5-3-4-17(14-18)10-13-24/h3-9,14,23-24H,1-2,10-13,15-16H2. The molecule has 1 aliphatic rings. The van der Waals surface area contributed by atoms with Gasteiger partial charge >= 0.3 is 0 Å². The van der Waals surface area contributed by atoms with E-state index in [1.165, 1.54) is 17.7 Å². The number of nitrogens with one attached hydrogen (secondary N) is 1. The summed E-state index contributed by atoms with van der Waals surface area (Å²) >= 11 is 5.86. The summed E-state index contributed by atoms with van der Waals surface area (Å²) in [6.07, 6.45) is 5.76. The van der Waals surface area contributed by atoms with E-state index in [1.54, 1.807) is 12.1 Å².